The Kier molecular flexibility index (Phi) is 11.0. The maximum atomic E-state index is 17.8. The molecule has 4 aliphatic carbocycles. The van der Waals surface area contributed by atoms with Gasteiger partial charge >= 0.3 is 11.9 Å². The number of allylic oxidation sites excluding steroid dienone is 4. The lowest BCUT2D eigenvalue weighted by molar-refractivity contribution is -0.246. The Morgan fingerprint density at radius 1 is 0.969 bits per heavy atom. The summed E-state index contributed by atoms with van der Waals surface area (Å²) in [4.78, 5) is 75.0. The third-order valence-electron chi connectivity index (χ3n) is 14.8. The molecule has 2 aromatic heterocycles. The number of pyridine rings is 2. The molecule has 14 nitrogen and oxygen atoms in total. The number of rotatable bonds is 11. The number of aromatic nitrogens is 2. The van der Waals surface area contributed by atoms with Crippen molar-refractivity contribution in [1.29, 1.82) is 0 Å². The molecule has 0 bridgehead atoms. The van der Waals surface area contributed by atoms with Gasteiger partial charge in [-0.2, -0.15) is 0 Å². The van der Waals surface area contributed by atoms with Gasteiger partial charge in [0.05, 0.1) is 18.1 Å². The van der Waals surface area contributed by atoms with E-state index >= 15 is 4.39 Å². The molecule has 338 valence electrons. The molecule has 3 heterocycles. The zero-order valence-electron chi connectivity index (χ0n) is 36.5. The van der Waals surface area contributed by atoms with E-state index < -0.39 is 82.2 Å². The molecule has 0 radical (unpaired) electrons. The van der Waals surface area contributed by atoms with Crippen LogP contribution in [-0.2, 0) is 39.9 Å². The van der Waals surface area contributed by atoms with Crippen molar-refractivity contribution in [2.45, 2.75) is 95.2 Å². The molecule has 9 rings (SSSR count). The second kappa shape index (κ2) is 16.2. The first-order valence-corrected chi connectivity index (χ1v) is 21.9. The fraction of sp³-hybridized carbons (Fsp3) is 0.420. The van der Waals surface area contributed by atoms with Crippen LogP contribution in [0.1, 0.15) is 91.4 Å². The number of carbonyl (C=O) groups excluding carboxylic acids is 5. The largest absolute Gasteiger partial charge is 0.456 e. The molecule has 1 saturated heterocycles. The van der Waals surface area contributed by atoms with Crippen molar-refractivity contribution < 1.29 is 52.4 Å². The molecule has 15 heteroatoms. The second-order valence-electron chi connectivity index (χ2n) is 18.8. The molecule has 1 aliphatic heterocycles. The number of carbonyl (C=O) groups is 5. The molecule has 4 aromatic rings. The predicted molar refractivity (Wildman–Crippen MR) is 234 cm³/mol. The second-order valence-corrected chi connectivity index (χ2v) is 18.8. The molecule has 65 heavy (non-hydrogen) atoms. The SMILES string of the molecule is CC1(C)O[C@@H]2C[C@H]3[C@@H]4CCC5=CC(=O)C=C[C@]5(C)[C@@]4(F)[C@@H](O)C[C@]3(C)[C@]2(C(=O)COC(=O)c2cccc(C(=O)OCc3ccc([C@@H](CN)C(=O)Nc4ccc5cnccc5c4)cc3)n2)O1. The van der Waals surface area contributed by atoms with Gasteiger partial charge < -0.3 is 35.1 Å². The first-order chi connectivity index (χ1) is 30.9. The maximum Gasteiger partial charge on any atom is 0.357 e. The van der Waals surface area contributed by atoms with Crippen LogP contribution in [0.2, 0.25) is 0 Å². The summed E-state index contributed by atoms with van der Waals surface area (Å²) in [5.74, 6) is -5.89. The molecule has 4 N–H and O–H groups in total. The third kappa shape index (κ3) is 7.19. The minimum Gasteiger partial charge on any atom is -0.456 e. The fourth-order valence-corrected chi connectivity index (χ4v) is 11.6. The molecule has 1 amide bonds. The zero-order valence-corrected chi connectivity index (χ0v) is 36.5. The molecule has 5 aliphatic rings. The fourth-order valence-electron chi connectivity index (χ4n) is 11.6. The van der Waals surface area contributed by atoms with Gasteiger partial charge in [0.15, 0.2) is 29.4 Å². The lowest BCUT2D eigenvalue weighted by Crippen LogP contribution is -2.70. The van der Waals surface area contributed by atoms with Crippen LogP contribution >= 0.6 is 0 Å². The van der Waals surface area contributed by atoms with Gasteiger partial charge in [-0.15, -0.1) is 0 Å². The van der Waals surface area contributed by atoms with Crippen LogP contribution < -0.4 is 11.1 Å². The smallest absolute Gasteiger partial charge is 0.357 e. The first kappa shape index (κ1) is 44.2. The summed E-state index contributed by atoms with van der Waals surface area (Å²) in [6.07, 6.45) is 6.42. The zero-order chi connectivity index (χ0) is 46.1. The number of hydrogen-bond acceptors (Lipinski definition) is 13. The van der Waals surface area contributed by atoms with Gasteiger partial charge in [0.2, 0.25) is 11.7 Å². The number of anilines is 1. The number of hydrogen-bond donors (Lipinski definition) is 3. The Labute approximate surface area is 374 Å². The number of Topliss-reactive ketones (excluding diaryl/α,β-unsaturated/α-hetero) is 1. The average Bonchev–Trinajstić information content (AvgIpc) is 3.70. The normalized spacial score (nSPS) is 31.1. The summed E-state index contributed by atoms with van der Waals surface area (Å²) in [6, 6.07) is 18.5. The summed E-state index contributed by atoms with van der Waals surface area (Å²) in [5.41, 5.74) is 2.02. The van der Waals surface area contributed by atoms with E-state index in [1.807, 2.05) is 25.1 Å². The maximum absolute atomic E-state index is 17.8. The molecule has 0 spiro atoms. The van der Waals surface area contributed by atoms with Crippen molar-refractivity contribution in [3.63, 3.8) is 0 Å². The average molecular weight is 887 g/mol. The van der Waals surface area contributed by atoms with Gasteiger partial charge in [-0.05, 0) is 111 Å². The number of esters is 2. The topological polar surface area (TPSA) is 206 Å². The number of aliphatic hydroxyl groups is 1. The summed E-state index contributed by atoms with van der Waals surface area (Å²) in [5, 5.41) is 16.7. The number of aliphatic hydroxyl groups excluding tert-OH is 1. The summed E-state index contributed by atoms with van der Waals surface area (Å²) in [6.45, 7) is 6.10. The highest BCUT2D eigenvalue weighted by Crippen LogP contribution is 2.72. The number of nitrogens with two attached hydrogens (primary N) is 1. The number of benzene rings is 2. The first-order valence-electron chi connectivity index (χ1n) is 21.9. The predicted octanol–water partition coefficient (Wildman–Crippen LogP) is 6.26. The summed E-state index contributed by atoms with van der Waals surface area (Å²) < 4.78 is 41.8. The minimum atomic E-state index is -2.13. The number of fused-ring (bicyclic) bond motifs is 8. The van der Waals surface area contributed by atoms with E-state index in [4.69, 9.17) is 24.7 Å². The lowest BCUT2D eigenvalue weighted by atomic mass is 9.44. The number of nitrogens with one attached hydrogen (secondary N) is 1. The highest BCUT2D eigenvalue weighted by Gasteiger charge is 2.80. The van der Waals surface area contributed by atoms with Crippen LogP contribution in [0, 0.1) is 22.7 Å². The molecular weight excluding hydrogens is 836 g/mol. The standard InChI is InChI=1S/C50H51FN4O10/c1-46(2)64-42-22-37-36-15-13-32-21-34(56)16-18-47(32,3)49(36,51)40(57)23-48(37,4)50(42,65-46)41(58)27-63-45(61)39-7-5-6-38(55-39)44(60)62-26-28-8-10-29(11-9-28)35(24-52)43(59)54-33-14-12-31-25-53-19-17-30(31)20-33/h5-12,14,16-21,25,35-37,40,42,57H,13,15,22-24,26-27,52H2,1-4H3,(H,54,59)/t35-,36+,37+,40+,42-,47+,48+,49+,50-/m1/s1. The van der Waals surface area contributed by atoms with Crippen molar-refractivity contribution in [3.05, 3.63) is 125 Å². The number of ether oxygens (including phenoxy) is 4. The monoisotopic (exact) mass is 886 g/mol. The molecule has 3 saturated carbocycles. The molecule has 2 aromatic carbocycles. The van der Waals surface area contributed by atoms with Gasteiger partial charge in [-0.3, -0.25) is 19.4 Å². The van der Waals surface area contributed by atoms with Crippen molar-refractivity contribution in [2.24, 2.45) is 28.4 Å². The van der Waals surface area contributed by atoms with Gasteiger partial charge in [-0.25, -0.2) is 19.0 Å². The molecule has 0 unspecified atom stereocenters. The highest BCUT2D eigenvalue weighted by molar-refractivity contribution is 6.01. The van der Waals surface area contributed by atoms with Crippen molar-refractivity contribution in [3.8, 4) is 0 Å². The van der Waals surface area contributed by atoms with Crippen molar-refractivity contribution >= 4 is 45.9 Å². The van der Waals surface area contributed by atoms with E-state index in [1.165, 1.54) is 30.4 Å². The van der Waals surface area contributed by atoms with Crippen LogP contribution in [0.4, 0.5) is 10.1 Å². The van der Waals surface area contributed by atoms with E-state index in [0.717, 1.165) is 10.8 Å². The van der Waals surface area contributed by atoms with Gasteiger partial charge in [0, 0.05) is 46.8 Å². The van der Waals surface area contributed by atoms with Crippen LogP contribution in [-0.4, -0.2) is 86.9 Å². The number of halogens is 1. The quantitative estimate of drug-likeness (QED) is 0.142. The highest BCUT2D eigenvalue weighted by atomic mass is 19.1. The molecular formula is C50H51FN4O10. The Morgan fingerprint density at radius 3 is 2.45 bits per heavy atom. The van der Waals surface area contributed by atoms with Crippen molar-refractivity contribution in [2.75, 3.05) is 18.5 Å². The minimum absolute atomic E-state index is 0.0611. The summed E-state index contributed by atoms with van der Waals surface area (Å²) in [7, 11) is 0. The third-order valence-corrected chi connectivity index (χ3v) is 14.8. The van der Waals surface area contributed by atoms with Gasteiger partial charge in [-0.1, -0.05) is 55.0 Å². The summed E-state index contributed by atoms with van der Waals surface area (Å²) >= 11 is 0. The van der Waals surface area contributed by atoms with E-state index in [9.17, 15) is 29.1 Å². The van der Waals surface area contributed by atoms with E-state index in [-0.39, 0.29) is 49.1 Å². The lowest BCUT2D eigenvalue weighted by Gasteiger charge is -2.62. The molecule has 4 fully saturated rings. The van der Waals surface area contributed by atoms with Crippen LogP contribution in [0.15, 0.2) is 103 Å². The van der Waals surface area contributed by atoms with Gasteiger partial charge in [0.1, 0.15) is 18.0 Å². The van der Waals surface area contributed by atoms with Crippen LogP contribution in [0.3, 0.4) is 0 Å². The van der Waals surface area contributed by atoms with Crippen molar-refractivity contribution in [1.82, 2.24) is 9.97 Å². The number of alkyl halides is 1. The Bertz CT molecular complexity index is 2690. The Morgan fingerprint density at radius 2 is 1.71 bits per heavy atom. The van der Waals surface area contributed by atoms with E-state index in [2.05, 4.69) is 15.3 Å². The number of amides is 1. The van der Waals surface area contributed by atoms with Crippen LogP contribution in [0.5, 0.6) is 0 Å². The molecule has 9 atom stereocenters. The van der Waals surface area contributed by atoms with Crippen LogP contribution in [0.25, 0.3) is 10.8 Å². The van der Waals surface area contributed by atoms with Gasteiger partial charge in [0.25, 0.3) is 0 Å². The Hall–Kier alpha value is -6.00. The number of nitrogens with zero attached hydrogens (tertiary/aromatic N) is 2. The Balaban J connectivity index is 0.839. The number of ketones is 2. The van der Waals surface area contributed by atoms with E-state index in [1.54, 1.807) is 69.6 Å². The van der Waals surface area contributed by atoms with E-state index in [0.29, 0.717) is 35.2 Å².